The first kappa shape index (κ1) is 15.6. The predicted molar refractivity (Wildman–Crippen MR) is 84.0 cm³/mol. The summed E-state index contributed by atoms with van der Waals surface area (Å²) < 4.78 is 11.2. The third kappa shape index (κ3) is 4.34. The first-order valence-electron chi connectivity index (χ1n) is 6.83. The lowest BCUT2D eigenvalue weighted by molar-refractivity contribution is 0.284. The molecule has 21 heavy (non-hydrogen) atoms. The van der Waals surface area contributed by atoms with Crippen molar-refractivity contribution in [2.45, 2.75) is 20.1 Å². The summed E-state index contributed by atoms with van der Waals surface area (Å²) in [6, 6.07) is 7.64. The van der Waals surface area contributed by atoms with E-state index >= 15 is 0 Å². The van der Waals surface area contributed by atoms with Crippen molar-refractivity contribution < 1.29 is 9.47 Å². The molecule has 0 fully saturated rings. The van der Waals surface area contributed by atoms with Crippen LogP contribution in [0.5, 0.6) is 11.5 Å². The summed E-state index contributed by atoms with van der Waals surface area (Å²) in [5.74, 6) is 1.21. The second-order valence-electron chi connectivity index (χ2n) is 4.53. The molecule has 0 radical (unpaired) electrons. The van der Waals surface area contributed by atoms with Gasteiger partial charge in [0.2, 0.25) is 0 Å². The molecule has 0 spiro atoms. The van der Waals surface area contributed by atoms with E-state index in [1.165, 1.54) is 0 Å². The molecule has 2 aromatic rings. The molecule has 112 valence electrons. The minimum Gasteiger partial charge on any atom is -0.493 e. The van der Waals surface area contributed by atoms with Crippen LogP contribution < -0.4 is 14.8 Å². The number of ether oxygens (including phenoxy) is 2. The number of pyridine rings is 1. The van der Waals surface area contributed by atoms with Crippen molar-refractivity contribution in [2.75, 3.05) is 13.7 Å². The molecule has 0 saturated carbocycles. The highest BCUT2D eigenvalue weighted by Crippen LogP contribution is 2.36. The highest BCUT2D eigenvalue weighted by molar-refractivity contribution is 6.32. The molecule has 1 heterocycles. The monoisotopic (exact) mass is 306 g/mol. The van der Waals surface area contributed by atoms with Crippen molar-refractivity contribution in [1.29, 1.82) is 0 Å². The molecular formula is C16H19ClN2O2. The zero-order valence-corrected chi connectivity index (χ0v) is 13.0. The third-order valence-corrected chi connectivity index (χ3v) is 3.28. The summed E-state index contributed by atoms with van der Waals surface area (Å²) in [5.41, 5.74) is 2.09. The van der Waals surface area contributed by atoms with Crippen molar-refractivity contribution >= 4 is 11.6 Å². The van der Waals surface area contributed by atoms with Gasteiger partial charge < -0.3 is 14.8 Å². The van der Waals surface area contributed by atoms with Gasteiger partial charge in [-0.3, -0.25) is 4.98 Å². The normalized spacial score (nSPS) is 10.4. The summed E-state index contributed by atoms with van der Waals surface area (Å²) in [7, 11) is 1.61. The van der Waals surface area contributed by atoms with Crippen LogP contribution in [0.1, 0.15) is 18.1 Å². The molecule has 0 aliphatic rings. The molecular weight excluding hydrogens is 288 g/mol. The Morgan fingerprint density at radius 2 is 1.95 bits per heavy atom. The highest BCUT2D eigenvalue weighted by Gasteiger charge is 2.12. The Kier molecular flexibility index (Phi) is 5.84. The van der Waals surface area contributed by atoms with E-state index in [-0.39, 0.29) is 0 Å². The fourth-order valence-electron chi connectivity index (χ4n) is 1.92. The van der Waals surface area contributed by atoms with E-state index in [1.54, 1.807) is 19.5 Å². The van der Waals surface area contributed by atoms with Gasteiger partial charge in [-0.15, -0.1) is 0 Å². The van der Waals surface area contributed by atoms with Gasteiger partial charge in [0.15, 0.2) is 11.5 Å². The maximum atomic E-state index is 6.31. The van der Waals surface area contributed by atoms with Crippen molar-refractivity contribution in [3.8, 4) is 11.5 Å². The van der Waals surface area contributed by atoms with E-state index < -0.39 is 0 Å². The SMILES string of the molecule is CCNCc1cc(Cl)c(OCc2ccncc2)c(OC)c1. The summed E-state index contributed by atoms with van der Waals surface area (Å²) in [5, 5.41) is 3.81. The number of rotatable bonds is 7. The van der Waals surface area contributed by atoms with Gasteiger partial charge in [0.05, 0.1) is 12.1 Å². The molecule has 0 atom stereocenters. The number of hydrogen-bond acceptors (Lipinski definition) is 4. The van der Waals surface area contributed by atoms with Crippen molar-refractivity contribution in [3.63, 3.8) is 0 Å². The van der Waals surface area contributed by atoms with Crippen molar-refractivity contribution in [3.05, 3.63) is 52.8 Å². The van der Waals surface area contributed by atoms with Crippen LogP contribution in [-0.4, -0.2) is 18.6 Å². The molecule has 2 rings (SSSR count). The molecule has 1 aromatic heterocycles. The summed E-state index contributed by atoms with van der Waals surface area (Å²) >= 11 is 6.31. The number of nitrogens with zero attached hydrogens (tertiary/aromatic N) is 1. The molecule has 0 aliphatic heterocycles. The van der Waals surface area contributed by atoms with Crippen LogP contribution in [0.4, 0.5) is 0 Å². The van der Waals surface area contributed by atoms with Crippen LogP contribution in [0.25, 0.3) is 0 Å². The van der Waals surface area contributed by atoms with E-state index in [0.717, 1.165) is 24.2 Å². The van der Waals surface area contributed by atoms with E-state index in [0.29, 0.717) is 23.1 Å². The molecule has 0 unspecified atom stereocenters. The lowest BCUT2D eigenvalue weighted by Crippen LogP contribution is -2.12. The molecule has 5 heteroatoms. The first-order valence-corrected chi connectivity index (χ1v) is 7.21. The minimum atomic E-state index is 0.422. The zero-order chi connectivity index (χ0) is 15.1. The standard InChI is InChI=1S/C16H19ClN2O2/c1-3-18-10-13-8-14(17)16(15(9-13)20-2)21-11-12-4-6-19-7-5-12/h4-9,18H,3,10-11H2,1-2H3. The Balaban J connectivity index is 2.14. The van der Waals surface area contributed by atoms with Gasteiger partial charge in [-0.25, -0.2) is 0 Å². The van der Waals surface area contributed by atoms with E-state index in [2.05, 4.69) is 17.2 Å². The quantitative estimate of drug-likeness (QED) is 0.851. The van der Waals surface area contributed by atoms with Gasteiger partial charge in [-0.1, -0.05) is 18.5 Å². The maximum absolute atomic E-state index is 6.31. The summed E-state index contributed by atoms with van der Waals surface area (Å²) in [4.78, 5) is 3.98. The van der Waals surface area contributed by atoms with Crippen molar-refractivity contribution in [1.82, 2.24) is 10.3 Å². The Labute approximate surface area is 130 Å². The van der Waals surface area contributed by atoms with Crippen LogP contribution in [0.2, 0.25) is 5.02 Å². The summed E-state index contributed by atoms with van der Waals surface area (Å²) in [6.07, 6.45) is 3.47. The van der Waals surface area contributed by atoms with Crippen molar-refractivity contribution in [2.24, 2.45) is 0 Å². The number of nitrogens with one attached hydrogen (secondary N) is 1. The predicted octanol–water partition coefficient (Wildman–Crippen LogP) is 3.43. The van der Waals surface area contributed by atoms with Gasteiger partial charge in [0.1, 0.15) is 6.61 Å². The molecule has 4 nitrogen and oxygen atoms in total. The summed E-state index contributed by atoms with van der Waals surface area (Å²) in [6.45, 7) is 4.13. The Hall–Kier alpha value is -1.78. The second-order valence-corrected chi connectivity index (χ2v) is 4.94. The largest absolute Gasteiger partial charge is 0.493 e. The van der Waals surface area contributed by atoms with Crippen LogP contribution >= 0.6 is 11.6 Å². The van der Waals surface area contributed by atoms with Crippen LogP contribution in [0.3, 0.4) is 0 Å². The molecule has 0 amide bonds. The molecule has 0 aliphatic carbocycles. The van der Waals surface area contributed by atoms with E-state index in [9.17, 15) is 0 Å². The number of methoxy groups -OCH3 is 1. The Morgan fingerprint density at radius 1 is 1.19 bits per heavy atom. The van der Waals surface area contributed by atoms with Crippen LogP contribution in [0, 0.1) is 0 Å². The highest BCUT2D eigenvalue weighted by atomic mass is 35.5. The lowest BCUT2D eigenvalue weighted by Gasteiger charge is -2.14. The maximum Gasteiger partial charge on any atom is 0.180 e. The van der Waals surface area contributed by atoms with Crippen LogP contribution in [0.15, 0.2) is 36.7 Å². The molecule has 0 bridgehead atoms. The van der Waals surface area contributed by atoms with E-state index in [1.807, 2.05) is 24.3 Å². The smallest absolute Gasteiger partial charge is 0.180 e. The fourth-order valence-corrected chi connectivity index (χ4v) is 2.21. The van der Waals surface area contributed by atoms with Gasteiger partial charge in [0, 0.05) is 18.9 Å². The molecule has 1 aromatic carbocycles. The van der Waals surface area contributed by atoms with Gasteiger partial charge >= 0.3 is 0 Å². The second kappa shape index (κ2) is 7.86. The Bertz CT molecular complexity index is 576. The van der Waals surface area contributed by atoms with Crippen LogP contribution in [-0.2, 0) is 13.2 Å². The minimum absolute atomic E-state index is 0.422. The fraction of sp³-hybridized carbons (Fsp3) is 0.312. The lowest BCUT2D eigenvalue weighted by atomic mass is 10.2. The van der Waals surface area contributed by atoms with Gasteiger partial charge in [-0.05, 0) is 41.9 Å². The first-order chi connectivity index (χ1) is 10.2. The number of aromatic nitrogens is 1. The average Bonchev–Trinajstić information content (AvgIpc) is 2.52. The average molecular weight is 307 g/mol. The number of hydrogen-bond donors (Lipinski definition) is 1. The topological polar surface area (TPSA) is 43.4 Å². The third-order valence-electron chi connectivity index (χ3n) is 3.00. The van der Waals surface area contributed by atoms with Gasteiger partial charge in [-0.2, -0.15) is 0 Å². The Morgan fingerprint density at radius 3 is 2.62 bits per heavy atom. The zero-order valence-electron chi connectivity index (χ0n) is 12.2. The molecule has 1 N–H and O–H groups in total. The number of halogens is 1. The molecule has 0 saturated heterocycles. The van der Waals surface area contributed by atoms with E-state index in [4.69, 9.17) is 21.1 Å². The van der Waals surface area contributed by atoms with Gasteiger partial charge in [0.25, 0.3) is 0 Å². The number of benzene rings is 1.